The van der Waals surface area contributed by atoms with E-state index in [1.807, 2.05) is 0 Å². The molecule has 0 saturated heterocycles. The van der Waals surface area contributed by atoms with E-state index in [0.29, 0.717) is 25.0 Å². The van der Waals surface area contributed by atoms with Crippen molar-refractivity contribution >= 4 is 22.6 Å². The molecule has 4 saturated carbocycles. The average molecular weight is 457 g/mol. The van der Waals surface area contributed by atoms with Crippen molar-refractivity contribution in [2.45, 2.75) is 46.3 Å². The Labute approximate surface area is 197 Å². The number of benzene rings is 3. The van der Waals surface area contributed by atoms with Gasteiger partial charge in [0, 0.05) is 11.8 Å². The van der Waals surface area contributed by atoms with Gasteiger partial charge in [-0.05, 0) is 94.2 Å². The van der Waals surface area contributed by atoms with E-state index in [9.17, 15) is 14.7 Å². The lowest BCUT2D eigenvalue weighted by molar-refractivity contribution is -0.171. The van der Waals surface area contributed by atoms with Crippen LogP contribution in [0, 0.1) is 23.2 Å². The van der Waals surface area contributed by atoms with Crippen LogP contribution in [0.25, 0.3) is 0 Å². The molecule has 0 spiro atoms. The van der Waals surface area contributed by atoms with Crippen molar-refractivity contribution in [1.29, 1.82) is 0 Å². The molecule has 3 aromatic rings. The molecule has 0 heterocycles. The summed E-state index contributed by atoms with van der Waals surface area (Å²) in [5, 5.41) is 9.98. The van der Waals surface area contributed by atoms with E-state index in [-0.39, 0.29) is 23.7 Å². The molecule has 33 heavy (non-hydrogen) atoms. The molecule has 5 atom stereocenters. The average Bonchev–Trinajstić information content (AvgIpc) is 2.84. The zero-order valence-electron chi connectivity index (χ0n) is 18.4. The number of carboxylic acids is 1. The highest BCUT2D eigenvalue weighted by molar-refractivity contribution is 8.17. The number of ketones is 1. The summed E-state index contributed by atoms with van der Waals surface area (Å²) < 4.78 is 0. The van der Waals surface area contributed by atoms with Gasteiger partial charge in [0.2, 0.25) is 0 Å². The Morgan fingerprint density at radius 2 is 1.45 bits per heavy atom. The first-order valence-corrected chi connectivity index (χ1v) is 13.2. The summed E-state index contributed by atoms with van der Waals surface area (Å²) in [7, 11) is -0.709. The smallest absolute Gasteiger partial charge is 0.309 e. The molecule has 4 fully saturated rings. The Balaban J connectivity index is 1.41. The van der Waals surface area contributed by atoms with Gasteiger partial charge in [-0.1, -0.05) is 48.5 Å². The monoisotopic (exact) mass is 456 g/mol. The van der Waals surface area contributed by atoms with Crippen LogP contribution in [-0.4, -0.2) is 16.9 Å². The van der Waals surface area contributed by atoms with Gasteiger partial charge in [-0.3, -0.25) is 9.59 Å². The summed E-state index contributed by atoms with van der Waals surface area (Å²) in [6.07, 6.45) is 2.62. The van der Waals surface area contributed by atoms with Gasteiger partial charge >= 0.3 is 5.97 Å². The van der Waals surface area contributed by atoms with Crippen molar-refractivity contribution in [1.82, 2.24) is 0 Å². The molecular weight excluding hydrogens is 428 g/mol. The molecule has 0 amide bonds. The predicted molar refractivity (Wildman–Crippen MR) is 130 cm³/mol. The number of hydrogen-bond donors (Lipinski definition) is 2. The fraction of sp³-hybridized carbons (Fsp3) is 0.310. The molecule has 5 unspecified atom stereocenters. The van der Waals surface area contributed by atoms with Crippen molar-refractivity contribution in [3.63, 3.8) is 0 Å². The van der Waals surface area contributed by atoms with Crippen LogP contribution in [0.5, 0.6) is 0 Å². The van der Waals surface area contributed by atoms with Crippen LogP contribution in [-0.2, 0) is 9.59 Å². The molecule has 0 aliphatic heterocycles. The number of thiol groups is 1. The molecule has 1 N–H and O–H groups in total. The zero-order chi connectivity index (χ0) is 22.6. The maximum Gasteiger partial charge on any atom is 0.309 e. The number of carboxylic acid groups (broad SMARTS) is 1. The standard InChI is InChI=1S/C29H28O3S/c30-27-21-14-20-16-29(17-21,28(31)32)18-25(27)26(20)19-8-7-13-24(15-19)33(22-9-3-1-4-10-22)23-11-5-2-6-12-23/h1-13,15,20-21,25-26,33H,14,16-18H2,(H,31,32). The van der Waals surface area contributed by atoms with Crippen LogP contribution >= 0.6 is 10.9 Å². The third-order valence-corrected chi connectivity index (χ3v) is 10.6. The van der Waals surface area contributed by atoms with Gasteiger partial charge in [0.15, 0.2) is 0 Å². The van der Waals surface area contributed by atoms with Gasteiger partial charge in [-0.15, -0.1) is 0 Å². The Kier molecular flexibility index (Phi) is 4.95. The maximum absolute atomic E-state index is 13.2. The Morgan fingerprint density at radius 1 is 0.818 bits per heavy atom. The van der Waals surface area contributed by atoms with Gasteiger partial charge < -0.3 is 5.11 Å². The molecule has 0 radical (unpaired) electrons. The largest absolute Gasteiger partial charge is 0.481 e. The van der Waals surface area contributed by atoms with Crippen molar-refractivity contribution in [2.75, 3.05) is 0 Å². The third kappa shape index (κ3) is 3.34. The second-order valence-corrected chi connectivity index (χ2v) is 12.2. The van der Waals surface area contributed by atoms with Crippen LogP contribution in [0.4, 0.5) is 0 Å². The first-order chi connectivity index (χ1) is 16.1. The number of carbonyl (C=O) groups excluding carboxylic acids is 1. The molecule has 4 bridgehead atoms. The van der Waals surface area contributed by atoms with Crippen LogP contribution in [0.15, 0.2) is 99.6 Å². The van der Waals surface area contributed by atoms with E-state index < -0.39 is 22.3 Å². The van der Waals surface area contributed by atoms with Gasteiger partial charge in [-0.25, -0.2) is 0 Å². The second kappa shape index (κ2) is 7.88. The summed E-state index contributed by atoms with van der Waals surface area (Å²) in [4.78, 5) is 29.2. The topological polar surface area (TPSA) is 54.4 Å². The van der Waals surface area contributed by atoms with E-state index in [1.165, 1.54) is 20.2 Å². The Morgan fingerprint density at radius 3 is 2.09 bits per heavy atom. The molecule has 0 aromatic heterocycles. The van der Waals surface area contributed by atoms with Crippen molar-refractivity contribution in [2.24, 2.45) is 23.2 Å². The lowest BCUT2D eigenvalue weighted by Gasteiger charge is -2.57. The third-order valence-electron chi connectivity index (χ3n) is 8.19. The molecule has 3 aromatic carbocycles. The molecule has 168 valence electrons. The maximum atomic E-state index is 13.2. The SMILES string of the molecule is O=C1C2CC3CC(C(=O)O)(C2)CC1C3c1cccc([SH](c2ccccc2)c2ccccc2)c1. The van der Waals surface area contributed by atoms with E-state index >= 15 is 0 Å². The highest BCUT2D eigenvalue weighted by atomic mass is 32.2. The van der Waals surface area contributed by atoms with Gasteiger partial charge in [-0.2, -0.15) is 10.9 Å². The molecule has 4 heteroatoms. The van der Waals surface area contributed by atoms with E-state index in [1.54, 1.807) is 0 Å². The number of carbonyl (C=O) groups is 2. The van der Waals surface area contributed by atoms with Crippen LogP contribution in [0.2, 0.25) is 0 Å². The fourth-order valence-corrected chi connectivity index (χ4v) is 9.29. The van der Waals surface area contributed by atoms with Crippen LogP contribution in [0.1, 0.15) is 37.2 Å². The minimum Gasteiger partial charge on any atom is -0.481 e. The van der Waals surface area contributed by atoms with Gasteiger partial charge in [0.25, 0.3) is 0 Å². The number of aliphatic carboxylic acids is 1. The Hall–Kier alpha value is -2.85. The zero-order valence-corrected chi connectivity index (χ0v) is 19.3. The van der Waals surface area contributed by atoms with E-state index in [2.05, 4.69) is 84.9 Å². The van der Waals surface area contributed by atoms with E-state index in [0.717, 1.165) is 6.42 Å². The Bertz CT molecular complexity index is 1170. The fourth-order valence-electron chi connectivity index (χ4n) is 6.94. The number of hydrogen-bond acceptors (Lipinski definition) is 2. The summed E-state index contributed by atoms with van der Waals surface area (Å²) in [6, 6.07) is 30.1. The molecule has 4 aliphatic carbocycles. The minimum absolute atomic E-state index is 0.0520. The lowest BCUT2D eigenvalue weighted by atomic mass is 9.45. The summed E-state index contributed by atoms with van der Waals surface area (Å²) in [5.74, 6) is -0.160. The summed E-state index contributed by atoms with van der Waals surface area (Å²) in [6.45, 7) is 0. The van der Waals surface area contributed by atoms with Gasteiger partial charge in [0.05, 0.1) is 5.41 Å². The minimum atomic E-state index is -0.709. The lowest BCUT2D eigenvalue weighted by Crippen LogP contribution is -2.57. The first kappa shape index (κ1) is 20.7. The van der Waals surface area contributed by atoms with Crippen molar-refractivity contribution in [3.8, 4) is 0 Å². The normalized spacial score (nSPS) is 30.3. The second-order valence-electron chi connectivity index (χ2n) is 10.0. The molecular formula is C29H28O3S. The quantitative estimate of drug-likeness (QED) is 0.441. The first-order valence-electron chi connectivity index (χ1n) is 11.8. The van der Waals surface area contributed by atoms with Crippen LogP contribution in [0.3, 0.4) is 0 Å². The highest BCUT2D eigenvalue weighted by Crippen LogP contribution is 2.64. The molecule has 7 rings (SSSR count). The highest BCUT2D eigenvalue weighted by Gasteiger charge is 2.62. The van der Waals surface area contributed by atoms with Crippen molar-refractivity contribution in [3.05, 3.63) is 90.5 Å². The van der Waals surface area contributed by atoms with E-state index in [4.69, 9.17) is 0 Å². The summed E-state index contributed by atoms with van der Waals surface area (Å²) >= 11 is 0. The molecule has 4 aliphatic rings. The number of Topliss-reactive ketones (excluding diaryl/α,β-unsaturated/α-hetero) is 1. The van der Waals surface area contributed by atoms with Gasteiger partial charge in [0.1, 0.15) is 5.78 Å². The predicted octanol–water partition coefficient (Wildman–Crippen LogP) is 6.34. The van der Waals surface area contributed by atoms with Crippen molar-refractivity contribution < 1.29 is 14.7 Å². The van der Waals surface area contributed by atoms with Crippen LogP contribution < -0.4 is 0 Å². The number of rotatable bonds is 5. The summed E-state index contributed by atoms with van der Waals surface area (Å²) in [5.41, 5.74) is 0.538. The molecule has 3 nitrogen and oxygen atoms in total.